The van der Waals surface area contributed by atoms with Crippen LogP contribution < -0.4 is 14.2 Å². The molecular formula is C31H26N6O3. The first-order valence-corrected chi connectivity index (χ1v) is 13.0. The second-order valence-electron chi connectivity index (χ2n) is 9.67. The highest BCUT2D eigenvalue weighted by molar-refractivity contribution is 5.66. The van der Waals surface area contributed by atoms with Crippen molar-refractivity contribution in [3.63, 3.8) is 0 Å². The number of ether oxygens (including phenoxy) is 3. The van der Waals surface area contributed by atoms with Gasteiger partial charge in [-0.05, 0) is 55.3 Å². The van der Waals surface area contributed by atoms with E-state index < -0.39 is 0 Å². The fraction of sp³-hybridized carbons (Fsp3) is 0.161. The third-order valence-electron chi connectivity index (χ3n) is 7.16. The van der Waals surface area contributed by atoms with Crippen molar-refractivity contribution in [3.05, 3.63) is 119 Å². The number of benzene rings is 3. The number of hydrogen-bond acceptors (Lipinski definition) is 7. The summed E-state index contributed by atoms with van der Waals surface area (Å²) >= 11 is 0. The molecule has 0 aliphatic carbocycles. The highest BCUT2D eigenvalue weighted by Gasteiger charge is 2.38. The van der Waals surface area contributed by atoms with Crippen molar-refractivity contribution in [1.82, 2.24) is 29.4 Å². The van der Waals surface area contributed by atoms with Crippen LogP contribution in [0.3, 0.4) is 0 Å². The highest BCUT2D eigenvalue weighted by Crippen LogP contribution is 2.49. The molecule has 0 radical (unpaired) electrons. The van der Waals surface area contributed by atoms with Gasteiger partial charge in [0.15, 0.2) is 11.5 Å². The molecule has 3 aromatic heterocycles. The molecule has 198 valence electrons. The lowest BCUT2D eigenvalue weighted by Crippen LogP contribution is -2.16. The minimum absolute atomic E-state index is 0.228. The quantitative estimate of drug-likeness (QED) is 0.268. The van der Waals surface area contributed by atoms with Crippen LogP contribution in [0.2, 0.25) is 0 Å². The standard InChI is InChI=1S/C31H26N6O3/c1-19-9-7-8-12-24(19)39-17-25-33-29-28-27(21-13-15-23(38-3)16-14-21)26-20(2)34-37(22-10-5-4-6-11-22)31(26)40-30(28)32-18-36(29)35-25/h4-16,18,27H,17H2,1-3H3. The summed E-state index contributed by atoms with van der Waals surface area (Å²) in [5.41, 5.74) is 6.29. The van der Waals surface area contributed by atoms with E-state index in [0.717, 1.165) is 45.1 Å². The van der Waals surface area contributed by atoms with Gasteiger partial charge in [0.05, 0.1) is 35.5 Å². The Morgan fingerprint density at radius 1 is 0.875 bits per heavy atom. The summed E-state index contributed by atoms with van der Waals surface area (Å²) in [5.74, 6) is 2.99. The minimum Gasteiger partial charge on any atom is -0.497 e. The first-order valence-electron chi connectivity index (χ1n) is 13.0. The lowest BCUT2D eigenvalue weighted by atomic mass is 9.84. The number of aryl methyl sites for hydroxylation is 2. The molecule has 0 amide bonds. The summed E-state index contributed by atoms with van der Waals surface area (Å²) in [6, 6.07) is 25.9. The number of nitrogens with zero attached hydrogens (tertiary/aromatic N) is 6. The fourth-order valence-electron chi connectivity index (χ4n) is 5.22. The maximum atomic E-state index is 6.50. The molecule has 6 aromatic rings. The Bertz CT molecular complexity index is 1840. The molecular weight excluding hydrogens is 504 g/mol. The van der Waals surface area contributed by atoms with Crippen LogP contribution in [-0.2, 0) is 6.61 Å². The summed E-state index contributed by atoms with van der Waals surface area (Å²) in [5, 5.41) is 9.56. The number of hydrogen-bond donors (Lipinski definition) is 0. The van der Waals surface area contributed by atoms with Gasteiger partial charge >= 0.3 is 0 Å². The van der Waals surface area contributed by atoms with Crippen LogP contribution in [0.25, 0.3) is 11.3 Å². The first kappa shape index (κ1) is 23.9. The topological polar surface area (TPSA) is 88.6 Å². The average Bonchev–Trinajstić information content (AvgIpc) is 3.56. The lowest BCUT2D eigenvalue weighted by Gasteiger charge is -2.26. The van der Waals surface area contributed by atoms with E-state index >= 15 is 0 Å². The smallest absolute Gasteiger partial charge is 0.230 e. The van der Waals surface area contributed by atoms with Crippen molar-refractivity contribution in [2.75, 3.05) is 7.11 Å². The van der Waals surface area contributed by atoms with E-state index in [0.29, 0.717) is 23.2 Å². The maximum absolute atomic E-state index is 6.50. The van der Waals surface area contributed by atoms with Gasteiger partial charge in [0, 0.05) is 0 Å². The first-order chi connectivity index (χ1) is 19.6. The summed E-state index contributed by atoms with van der Waals surface area (Å²) in [6.45, 7) is 4.24. The number of rotatable bonds is 6. The van der Waals surface area contributed by atoms with E-state index in [1.807, 2.05) is 85.3 Å². The van der Waals surface area contributed by atoms with Crippen LogP contribution in [0.5, 0.6) is 23.3 Å². The Morgan fingerprint density at radius 2 is 1.65 bits per heavy atom. The SMILES string of the molecule is COc1ccc(C2c3c(C)nn(-c4ccccc4)c3Oc3ncn4nc(COc5ccccc5C)nc4c32)cc1. The van der Waals surface area contributed by atoms with Gasteiger partial charge in [-0.2, -0.15) is 5.10 Å². The summed E-state index contributed by atoms with van der Waals surface area (Å²) in [6.07, 6.45) is 1.63. The molecule has 1 unspecified atom stereocenters. The lowest BCUT2D eigenvalue weighted by molar-refractivity contribution is 0.294. The minimum atomic E-state index is -0.243. The molecule has 9 heteroatoms. The van der Waals surface area contributed by atoms with Crippen molar-refractivity contribution >= 4 is 5.65 Å². The molecule has 7 rings (SSSR count). The highest BCUT2D eigenvalue weighted by atomic mass is 16.5. The zero-order valence-electron chi connectivity index (χ0n) is 22.3. The zero-order valence-corrected chi connectivity index (χ0v) is 22.3. The Hall–Kier alpha value is -5.18. The van der Waals surface area contributed by atoms with E-state index in [-0.39, 0.29) is 12.5 Å². The van der Waals surface area contributed by atoms with Crippen LogP contribution in [0, 0.1) is 13.8 Å². The second-order valence-corrected chi connectivity index (χ2v) is 9.67. The van der Waals surface area contributed by atoms with Gasteiger partial charge in [-0.15, -0.1) is 5.10 Å². The summed E-state index contributed by atoms with van der Waals surface area (Å²) < 4.78 is 21.5. The Morgan fingerprint density at radius 3 is 2.42 bits per heavy atom. The van der Waals surface area contributed by atoms with Crippen LogP contribution in [-0.4, -0.2) is 36.5 Å². The third-order valence-corrected chi connectivity index (χ3v) is 7.16. The van der Waals surface area contributed by atoms with Crippen LogP contribution in [0.1, 0.15) is 39.7 Å². The average molecular weight is 531 g/mol. The largest absolute Gasteiger partial charge is 0.497 e. The summed E-state index contributed by atoms with van der Waals surface area (Å²) in [7, 11) is 1.66. The second kappa shape index (κ2) is 9.53. The van der Waals surface area contributed by atoms with Crippen molar-refractivity contribution < 1.29 is 14.2 Å². The predicted molar refractivity (Wildman–Crippen MR) is 149 cm³/mol. The molecule has 0 saturated heterocycles. The molecule has 0 saturated carbocycles. The van der Waals surface area contributed by atoms with E-state index in [9.17, 15) is 0 Å². The fourth-order valence-corrected chi connectivity index (χ4v) is 5.22. The molecule has 0 fully saturated rings. The van der Waals surface area contributed by atoms with Crippen LogP contribution in [0.4, 0.5) is 0 Å². The monoisotopic (exact) mass is 530 g/mol. The maximum Gasteiger partial charge on any atom is 0.230 e. The third kappa shape index (κ3) is 3.94. The van der Waals surface area contributed by atoms with Gasteiger partial charge in [0.25, 0.3) is 0 Å². The molecule has 4 heterocycles. The van der Waals surface area contributed by atoms with Gasteiger partial charge in [-0.3, -0.25) is 0 Å². The van der Waals surface area contributed by atoms with Crippen molar-refractivity contribution in [1.29, 1.82) is 0 Å². The molecule has 9 nitrogen and oxygen atoms in total. The van der Waals surface area contributed by atoms with Crippen molar-refractivity contribution in [2.45, 2.75) is 26.4 Å². The number of aromatic nitrogens is 6. The van der Waals surface area contributed by atoms with Gasteiger partial charge in [0.1, 0.15) is 24.4 Å². The van der Waals surface area contributed by atoms with E-state index in [1.165, 1.54) is 0 Å². The number of methoxy groups -OCH3 is 1. The van der Waals surface area contributed by atoms with Crippen LogP contribution in [0.15, 0.2) is 85.2 Å². The van der Waals surface area contributed by atoms with Gasteiger partial charge in [0.2, 0.25) is 11.8 Å². The molecule has 40 heavy (non-hydrogen) atoms. The van der Waals surface area contributed by atoms with Gasteiger partial charge < -0.3 is 14.2 Å². The molecule has 3 aromatic carbocycles. The van der Waals surface area contributed by atoms with Gasteiger partial charge in [-0.1, -0.05) is 48.5 Å². The molecule has 1 aliphatic heterocycles. The molecule has 0 spiro atoms. The Balaban J connectivity index is 1.37. The number of para-hydroxylation sites is 2. The molecule has 1 atom stereocenters. The summed E-state index contributed by atoms with van der Waals surface area (Å²) in [4.78, 5) is 9.58. The van der Waals surface area contributed by atoms with E-state index in [1.54, 1.807) is 18.0 Å². The Labute approximate surface area is 230 Å². The zero-order chi connectivity index (χ0) is 27.2. The Kier molecular flexibility index (Phi) is 5.70. The van der Waals surface area contributed by atoms with Gasteiger partial charge in [-0.25, -0.2) is 19.2 Å². The van der Waals surface area contributed by atoms with Crippen molar-refractivity contribution in [3.8, 4) is 28.9 Å². The van der Waals surface area contributed by atoms with Crippen molar-refractivity contribution in [2.24, 2.45) is 0 Å². The molecule has 0 N–H and O–H groups in total. The molecule has 0 bridgehead atoms. The van der Waals surface area contributed by atoms with E-state index in [4.69, 9.17) is 24.3 Å². The van der Waals surface area contributed by atoms with Crippen LogP contribution >= 0.6 is 0 Å². The number of fused-ring (bicyclic) bond motifs is 4. The van der Waals surface area contributed by atoms with E-state index in [2.05, 4.69) is 22.2 Å². The molecule has 1 aliphatic rings. The predicted octanol–water partition coefficient (Wildman–Crippen LogP) is 5.80. The normalized spacial score (nSPS) is 13.9.